The molecule has 2 aromatic rings. The van der Waals surface area contributed by atoms with Crippen LogP contribution < -0.4 is 4.74 Å². The zero-order chi connectivity index (χ0) is 24.5. The van der Waals surface area contributed by atoms with E-state index < -0.39 is 10.1 Å². The van der Waals surface area contributed by atoms with Gasteiger partial charge in [-0.15, -0.1) is 0 Å². The second kappa shape index (κ2) is 15.9. The van der Waals surface area contributed by atoms with E-state index in [9.17, 15) is 8.42 Å². The van der Waals surface area contributed by atoms with Crippen molar-refractivity contribution in [3.05, 3.63) is 59.7 Å². The maximum absolute atomic E-state index is 12.3. The normalized spacial score (nSPS) is 11.4. The van der Waals surface area contributed by atoms with Crippen LogP contribution in [0, 0.1) is 11.3 Å². The molecule has 0 heterocycles. The van der Waals surface area contributed by atoms with Gasteiger partial charge in [-0.25, -0.2) is 0 Å². The van der Waals surface area contributed by atoms with Crippen molar-refractivity contribution in [2.24, 2.45) is 5.16 Å². The average Bonchev–Trinajstić information content (AvgIpc) is 2.84. The molecule has 184 valence electrons. The summed E-state index contributed by atoms with van der Waals surface area (Å²) in [5, 5.41) is 12.1. The van der Waals surface area contributed by atoms with Gasteiger partial charge in [-0.05, 0) is 53.4 Å². The summed E-state index contributed by atoms with van der Waals surface area (Å²) in [6.07, 6.45) is 15.1. The summed E-state index contributed by atoms with van der Waals surface area (Å²) < 4.78 is 34.5. The zero-order valence-electron chi connectivity index (χ0n) is 20.1. The summed E-state index contributed by atoms with van der Waals surface area (Å²) in [7, 11) is -4.00. The number of ether oxygens (including phenoxy) is 1. The second-order valence-corrected chi connectivity index (χ2v) is 9.94. The highest BCUT2D eigenvalue weighted by Gasteiger charge is 2.15. The van der Waals surface area contributed by atoms with Crippen LogP contribution in [0.3, 0.4) is 0 Å². The highest BCUT2D eigenvalue weighted by Crippen LogP contribution is 2.17. The summed E-state index contributed by atoms with van der Waals surface area (Å²) >= 11 is 0. The van der Waals surface area contributed by atoms with Crippen LogP contribution in [0.4, 0.5) is 0 Å². The Balaban J connectivity index is 1.66. The number of aryl methyl sites for hydroxylation is 1. The molecule has 2 rings (SSSR count). The number of rotatable bonds is 17. The first-order chi connectivity index (χ1) is 16.5. The van der Waals surface area contributed by atoms with Gasteiger partial charge in [0.25, 0.3) is 0 Å². The van der Waals surface area contributed by atoms with Gasteiger partial charge in [0.05, 0.1) is 12.5 Å². The Morgan fingerprint density at radius 1 is 0.824 bits per heavy atom. The van der Waals surface area contributed by atoms with Crippen molar-refractivity contribution in [3.63, 3.8) is 0 Å². The van der Waals surface area contributed by atoms with Crippen LogP contribution >= 0.6 is 0 Å². The minimum atomic E-state index is -4.00. The van der Waals surface area contributed by atoms with E-state index in [4.69, 9.17) is 10.00 Å². The first kappa shape index (κ1) is 27.4. The van der Waals surface area contributed by atoms with Gasteiger partial charge in [-0.1, -0.05) is 89.0 Å². The number of hydrogen-bond acceptors (Lipinski definition) is 6. The standard InChI is InChI=1S/C27H36N2O4S/c1-2-3-4-5-6-7-8-9-10-11-12-24-15-19-27(20-16-24)34(30,31)33-29-23-32-26-17-13-25(14-18-26)21-22-28/h13-20,23H,2-12,21H2,1H3. The van der Waals surface area contributed by atoms with E-state index in [-0.39, 0.29) is 4.90 Å². The monoisotopic (exact) mass is 484 g/mol. The van der Waals surface area contributed by atoms with Crippen molar-refractivity contribution in [1.82, 2.24) is 0 Å². The van der Waals surface area contributed by atoms with Gasteiger partial charge in [-0.2, -0.15) is 13.7 Å². The molecule has 0 spiro atoms. The van der Waals surface area contributed by atoms with Gasteiger partial charge >= 0.3 is 10.1 Å². The molecule has 0 bridgehead atoms. The summed E-state index contributed by atoms with van der Waals surface area (Å²) in [5.74, 6) is 0.461. The summed E-state index contributed by atoms with van der Waals surface area (Å²) in [4.78, 5) is 0.0531. The van der Waals surface area contributed by atoms with E-state index in [2.05, 4.69) is 22.4 Å². The third-order valence-corrected chi connectivity index (χ3v) is 6.74. The molecule has 0 aliphatic rings. The van der Waals surface area contributed by atoms with E-state index in [1.807, 2.05) is 12.1 Å². The van der Waals surface area contributed by atoms with E-state index in [1.165, 1.54) is 57.8 Å². The lowest BCUT2D eigenvalue weighted by Crippen LogP contribution is -2.03. The smallest absolute Gasteiger partial charge is 0.358 e. The highest BCUT2D eigenvalue weighted by molar-refractivity contribution is 7.86. The molecule has 0 aliphatic carbocycles. The fraction of sp³-hybridized carbons (Fsp3) is 0.481. The number of hydrogen-bond donors (Lipinski definition) is 0. The largest absolute Gasteiger partial charge is 0.442 e. The van der Waals surface area contributed by atoms with Gasteiger partial charge in [0, 0.05) is 0 Å². The van der Waals surface area contributed by atoms with Gasteiger partial charge in [0.15, 0.2) is 0 Å². The van der Waals surface area contributed by atoms with Crippen LogP contribution in [0.25, 0.3) is 0 Å². The molecule has 0 fully saturated rings. The van der Waals surface area contributed by atoms with E-state index in [1.54, 1.807) is 36.4 Å². The summed E-state index contributed by atoms with van der Waals surface area (Å²) in [6.45, 7) is 2.24. The first-order valence-electron chi connectivity index (χ1n) is 12.2. The van der Waals surface area contributed by atoms with Crippen molar-refractivity contribution in [2.75, 3.05) is 0 Å². The molecule has 2 aromatic carbocycles. The molecule has 0 aliphatic heterocycles. The van der Waals surface area contributed by atoms with Crippen LogP contribution in [0.5, 0.6) is 5.75 Å². The van der Waals surface area contributed by atoms with Crippen molar-refractivity contribution in [3.8, 4) is 11.8 Å². The minimum Gasteiger partial charge on any atom is -0.442 e. The maximum atomic E-state index is 12.3. The SMILES string of the molecule is CCCCCCCCCCCCc1ccc(S(=O)(=O)ON=COc2ccc(CC#N)cc2)cc1. The minimum absolute atomic E-state index is 0.0531. The van der Waals surface area contributed by atoms with E-state index in [0.29, 0.717) is 12.2 Å². The lowest BCUT2D eigenvalue weighted by atomic mass is 10.0. The van der Waals surface area contributed by atoms with Gasteiger partial charge in [0.2, 0.25) is 6.40 Å². The summed E-state index contributed by atoms with van der Waals surface area (Å²) in [6, 6.07) is 15.6. The quantitative estimate of drug-likeness (QED) is 0.105. The average molecular weight is 485 g/mol. The van der Waals surface area contributed by atoms with E-state index >= 15 is 0 Å². The van der Waals surface area contributed by atoms with Crippen molar-refractivity contribution in [2.45, 2.75) is 88.9 Å². The highest BCUT2D eigenvalue weighted by atomic mass is 32.2. The molecule has 0 atom stereocenters. The van der Waals surface area contributed by atoms with E-state index in [0.717, 1.165) is 30.4 Å². The second-order valence-electron chi connectivity index (χ2n) is 8.41. The van der Waals surface area contributed by atoms with Gasteiger partial charge in [-0.3, -0.25) is 4.28 Å². The Labute approximate surface area is 204 Å². The lowest BCUT2D eigenvalue weighted by molar-refractivity contribution is 0.330. The van der Waals surface area contributed by atoms with Crippen LogP contribution in [0.15, 0.2) is 58.6 Å². The van der Waals surface area contributed by atoms with Crippen molar-refractivity contribution < 1.29 is 17.4 Å². The molecular formula is C27H36N2O4S. The molecule has 0 N–H and O–H groups in total. The Morgan fingerprint density at radius 2 is 1.38 bits per heavy atom. The molecular weight excluding hydrogens is 448 g/mol. The summed E-state index contributed by atoms with van der Waals surface area (Å²) in [5.41, 5.74) is 1.98. The molecule has 0 radical (unpaired) electrons. The van der Waals surface area contributed by atoms with Gasteiger partial charge in [0.1, 0.15) is 10.6 Å². The van der Waals surface area contributed by atoms with Crippen LogP contribution in [-0.4, -0.2) is 14.8 Å². The molecule has 0 saturated carbocycles. The molecule has 0 unspecified atom stereocenters. The third-order valence-electron chi connectivity index (χ3n) is 5.61. The lowest BCUT2D eigenvalue weighted by Gasteiger charge is -2.05. The van der Waals surface area contributed by atoms with Gasteiger partial charge < -0.3 is 4.74 Å². The number of nitriles is 1. The maximum Gasteiger partial charge on any atom is 0.358 e. The zero-order valence-corrected chi connectivity index (χ0v) is 20.9. The van der Waals surface area contributed by atoms with Crippen LogP contribution in [-0.2, 0) is 27.2 Å². The van der Waals surface area contributed by atoms with Crippen LogP contribution in [0.1, 0.15) is 82.3 Å². The Morgan fingerprint density at radius 3 is 1.97 bits per heavy atom. The fourth-order valence-electron chi connectivity index (χ4n) is 3.62. The third kappa shape index (κ3) is 10.8. The number of nitrogens with zero attached hydrogens (tertiary/aromatic N) is 2. The molecule has 0 aromatic heterocycles. The fourth-order valence-corrected chi connectivity index (χ4v) is 4.32. The Bertz CT molecular complexity index is 994. The molecule has 0 saturated heterocycles. The molecule has 0 amide bonds. The van der Waals surface area contributed by atoms with Crippen molar-refractivity contribution >= 4 is 16.5 Å². The Kier molecular flexibility index (Phi) is 12.8. The predicted molar refractivity (Wildman–Crippen MR) is 135 cm³/mol. The topological polar surface area (TPSA) is 88.8 Å². The number of benzene rings is 2. The first-order valence-corrected chi connectivity index (χ1v) is 13.6. The molecule has 6 nitrogen and oxygen atoms in total. The number of unbranched alkanes of at least 4 members (excludes halogenated alkanes) is 9. The molecule has 34 heavy (non-hydrogen) atoms. The molecule has 7 heteroatoms. The Hall–Kier alpha value is -2.85. The van der Waals surface area contributed by atoms with Crippen molar-refractivity contribution in [1.29, 1.82) is 5.26 Å². The predicted octanol–water partition coefficient (Wildman–Crippen LogP) is 6.94. The van der Waals surface area contributed by atoms with Crippen LogP contribution in [0.2, 0.25) is 0 Å². The number of oxime groups is 1.